The lowest BCUT2D eigenvalue weighted by Crippen LogP contribution is -2.47. The molecule has 1 saturated carbocycles. The van der Waals surface area contributed by atoms with E-state index in [1.807, 2.05) is 19.9 Å². The van der Waals surface area contributed by atoms with Gasteiger partial charge in [-0.1, -0.05) is 17.7 Å². The zero-order chi connectivity index (χ0) is 29.4. The molecule has 0 spiro atoms. The van der Waals surface area contributed by atoms with E-state index < -0.39 is 6.09 Å². The standard InChI is InChI=1S/C29H42FN5O5/c1-20(2)6-12-25(31-33(5)16-27(36)32(3)4)18-40-19-34(29(38)39)17-28(37)35-15-23-9-11-24(30)14-22(23)10-13-26(35)21-7-8-21/h6,9,11-12,14,21,26,31H,7-8,10,13,15-19H2,1-5H3,(H,38,39)/b25-12+/t26-/m0/s1. The summed E-state index contributed by atoms with van der Waals surface area (Å²) in [5, 5.41) is 11.5. The van der Waals surface area contributed by atoms with Gasteiger partial charge in [0.15, 0.2) is 0 Å². The quantitative estimate of drug-likeness (QED) is 0.230. The van der Waals surface area contributed by atoms with Crippen LogP contribution in [0.15, 0.2) is 41.6 Å². The van der Waals surface area contributed by atoms with E-state index in [9.17, 15) is 23.9 Å². The lowest BCUT2D eigenvalue weighted by Gasteiger charge is -2.32. The summed E-state index contributed by atoms with van der Waals surface area (Å²) in [5.41, 5.74) is 6.58. The van der Waals surface area contributed by atoms with E-state index in [1.54, 1.807) is 43.2 Å². The number of carbonyl (C=O) groups is 3. The number of allylic oxidation sites excluding steroid dienone is 3. The number of ether oxygens (including phenoxy) is 1. The molecular formula is C29H42FN5O5. The van der Waals surface area contributed by atoms with E-state index in [4.69, 9.17) is 4.74 Å². The van der Waals surface area contributed by atoms with Crippen molar-refractivity contribution in [3.05, 3.63) is 58.6 Å². The second-order valence-electron chi connectivity index (χ2n) is 11.0. The minimum Gasteiger partial charge on any atom is -0.465 e. The maximum atomic E-state index is 13.8. The summed E-state index contributed by atoms with van der Waals surface area (Å²) in [6, 6.07) is 4.66. The lowest BCUT2D eigenvalue weighted by molar-refractivity contribution is -0.136. The van der Waals surface area contributed by atoms with Gasteiger partial charge in [-0.3, -0.25) is 14.5 Å². The Morgan fingerprint density at radius 1 is 1.10 bits per heavy atom. The molecule has 1 aliphatic heterocycles. The summed E-state index contributed by atoms with van der Waals surface area (Å²) >= 11 is 0. The van der Waals surface area contributed by atoms with Gasteiger partial charge in [0.05, 0.1) is 18.8 Å². The fourth-order valence-corrected chi connectivity index (χ4v) is 4.69. The predicted octanol–water partition coefficient (Wildman–Crippen LogP) is 3.21. The normalized spacial score (nSPS) is 17.1. The number of carboxylic acid groups (broad SMARTS) is 1. The molecule has 1 aliphatic carbocycles. The molecule has 3 amide bonds. The molecule has 40 heavy (non-hydrogen) atoms. The molecule has 1 fully saturated rings. The SMILES string of the molecule is CC(C)=C/C=C(\COCN(CC(=O)N1Cc2ccc(F)cc2CC[C@H]1C1CC1)C(=O)O)NN(C)CC(=O)N(C)C. The predicted molar refractivity (Wildman–Crippen MR) is 149 cm³/mol. The Kier molecular flexibility index (Phi) is 11.1. The minimum atomic E-state index is -1.26. The molecule has 2 N–H and O–H groups in total. The Morgan fingerprint density at radius 2 is 1.82 bits per heavy atom. The van der Waals surface area contributed by atoms with Gasteiger partial charge >= 0.3 is 6.09 Å². The number of halogens is 1. The number of hydrogen-bond acceptors (Lipinski definition) is 6. The first-order valence-electron chi connectivity index (χ1n) is 13.6. The van der Waals surface area contributed by atoms with E-state index in [-0.39, 0.29) is 50.1 Å². The summed E-state index contributed by atoms with van der Waals surface area (Å²) in [7, 11) is 5.08. The Bertz CT molecular complexity index is 1130. The van der Waals surface area contributed by atoms with Crippen molar-refractivity contribution in [2.45, 2.75) is 52.1 Å². The van der Waals surface area contributed by atoms with Gasteiger partial charge in [-0.25, -0.2) is 14.2 Å². The molecule has 1 aromatic carbocycles. The van der Waals surface area contributed by atoms with Crippen LogP contribution < -0.4 is 5.43 Å². The maximum Gasteiger partial charge on any atom is 0.409 e. The third-order valence-electron chi connectivity index (χ3n) is 7.03. The summed E-state index contributed by atoms with van der Waals surface area (Å²) in [5.74, 6) is -0.277. The van der Waals surface area contributed by atoms with Crippen LogP contribution in [0.5, 0.6) is 0 Å². The molecule has 10 nitrogen and oxygen atoms in total. The molecule has 1 aromatic rings. The number of benzene rings is 1. The summed E-state index contributed by atoms with van der Waals surface area (Å²) in [6.07, 6.45) is 5.91. The van der Waals surface area contributed by atoms with Crippen LogP contribution in [0.1, 0.15) is 44.2 Å². The number of likely N-dealkylation sites (N-methyl/N-ethyl adjacent to an activating group) is 2. The van der Waals surface area contributed by atoms with Crippen LogP contribution >= 0.6 is 0 Å². The van der Waals surface area contributed by atoms with Crippen LogP contribution in [0.25, 0.3) is 0 Å². The van der Waals surface area contributed by atoms with Crippen molar-refractivity contribution >= 4 is 17.9 Å². The van der Waals surface area contributed by atoms with Crippen molar-refractivity contribution in [3.8, 4) is 0 Å². The molecule has 11 heteroatoms. The summed E-state index contributed by atoms with van der Waals surface area (Å²) in [4.78, 5) is 41.8. The van der Waals surface area contributed by atoms with E-state index in [0.29, 0.717) is 24.6 Å². The Labute approximate surface area is 236 Å². The second kappa shape index (κ2) is 14.3. The second-order valence-corrected chi connectivity index (χ2v) is 11.0. The number of hydrazine groups is 1. The molecule has 2 aliphatic rings. The van der Waals surface area contributed by atoms with Crippen LogP contribution in [0.4, 0.5) is 9.18 Å². The van der Waals surface area contributed by atoms with Crippen LogP contribution in [0, 0.1) is 11.7 Å². The number of nitrogens with one attached hydrogen (secondary N) is 1. The highest BCUT2D eigenvalue weighted by Gasteiger charge is 2.39. The molecule has 0 bridgehead atoms. The first-order chi connectivity index (χ1) is 18.9. The first-order valence-corrected chi connectivity index (χ1v) is 13.6. The van der Waals surface area contributed by atoms with Gasteiger partial charge in [0.2, 0.25) is 11.8 Å². The number of fused-ring (bicyclic) bond motifs is 1. The van der Waals surface area contributed by atoms with Gasteiger partial charge < -0.3 is 25.1 Å². The highest BCUT2D eigenvalue weighted by molar-refractivity contribution is 5.82. The van der Waals surface area contributed by atoms with Gasteiger partial charge in [-0.2, -0.15) is 0 Å². The van der Waals surface area contributed by atoms with Gasteiger partial charge in [0.25, 0.3) is 0 Å². The molecule has 3 rings (SSSR count). The van der Waals surface area contributed by atoms with Crippen LogP contribution in [0.2, 0.25) is 0 Å². The molecule has 220 valence electrons. The number of hydrogen-bond donors (Lipinski definition) is 2. The third kappa shape index (κ3) is 9.34. The molecule has 0 aromatic heterocycles. The van der Waals surface area contributed by atoms with E-state index in [2.05, 4.69) is 5.43 Å². The number of nitrogens with zero attached hydrogens (tertiary/aromatic N) is 4. The highest BCUT2D eigenvalue weighted by atomic mass is 19.1. The average Bonchev–Trinajstić information content (AvgIpc) is 3.72. The topological polar surface area (TPSA) is 106 Å². The van der Waals surface area contributed by atoms with E-state index in [0.717, 1.165) is 40.9 Å². The zero-order valence-corrected chi connectivity index (χ0v) is 24.2. The summed E-state index contributed by atoms with van der Waals surface area (Å²) < 4.78 is 19.6. The Balaban J connectivity index is 1.64. The van der Waals surface area contributed by atoms with Crippen LogP contribution in [0.3, 0.4) is 0 Å². The van der Waals surface area contributed by atoms with Crippen LogP contribution in [-0.2, 0) is 27.3 Å². The van der Waals surface area contributed by atoms with Crippen molar-refractivity contribution in [2.24, 2.45) is 5.92 Å². The Morgan fingerprint density at radius 3 is 2.45 bits per heavy atom. The van der Waals surface area contributed by atoms with E-state index >= 15 is 0 Å². The van der Waals surface area contributed by atoms with Crippen molar-refractivity contribution in [2.75, 3.05) is 47.6 Å². The fourth-order valence-electron chi connectivity index (χ4n) is 4.69. The molecule has 0 radical (unpaired) electrons. The van der Waals surface area contributed by atoms with Gasteiger partial charge in [-0.05, 0) is 74.8 Å². The average molecular weight is 560 g/mol. The maximum absolute atomic E-state index is 13.8. The van der Waals surface area contributed by atoms with Gasteiger partial charge in [0, 0.05) is 33.7 Å². The van der Waals surface area contributed by atoms with Crippen molar-refractivity contribution in [3.63, 3.8) is 0 Å². The molecule has 1 heterocycles. The van der Waals surface area contributed by atoms with E-state index in [1.165, 1.54) is 17.0 Å². The van der Waals surface area contributed by atoms with Crippen molar-refractivity contribution in [1.82, 2.24) is 25.1 Å². The third-order valence-corrected chi connectivity index (χ3v) is 7.03. The minimum absolute atomic E-state index is 0.00254. The van der Waals surface area contributed by atoms with Crippen molar-refractivity contribution in [1.29, 1.82) is 0 Å². The molecule has 1 atom stereocenters. The number of carbonyl (C=O) groups excluding carboxylic acids is 2. The monoisotopic (exact) mass is 559 g/mol. The number of aryl methyl sites for hydroxylation is 1. The molecule has 0 unspecified atom stereocenters. The number of rotatable bonds is 12. The first kappa shape index (κ1) is 31.1. The van der Waals surface area contributed by atoms with Crippen LogP contribution in [-0.4, -0.2) is 96.3 Å². The van der Waals surface area contributed by atoms with Gasteiger partial charge in [-0.15, -0.1) is 0 Å². The zero-order valence-electron chi connectivity index (χ0n) is 24.2. The fraction of sp³-hybridized carbons (Fsp3) is 0.552. The Hall–Kier alpha value is -3.44. The largest absolute Gasteiger partial charge is 0.465 e. The smallest absolute Gasteiger partial charge is 0.409 e. The molecule has 0 saturated heterocycles. The number of amides is 3. The van der Waals surface area contributed by atoms with Crippen molar-refractivity contribution < 1.29 is 28.6 Å². The lowest BCUT2D eigenvalue weighted by atomic mass is 10.0. The molecular weight excluding hydrogens is 517 g/mol. The highest BCUT2D eigenvalue weighted by Crippen LogP contribution is 2.40. The van der Waals surface area contributed by atoms with Gasteiger partial charge in [0.1, 0.15) is 19.1 Å². The summed E-state index contributed by atoms with van der Waals surface area (Å²) in [6.45, 7) is 3.74.